The van der Waals surface area contributed by atoms with Crippen LogP contribution in [0.2, 0.25) is 0 Å². The molecular formula is C26H37N3O2. The highest BCUT2D eigenvalue weighted by Gasteiger charge is 2.21. The van der Waals surface area contributed by atoms with Gasteiger partial charge in [-0.05, 0) is 56.2 Å². The molecule has 1 aromatic carbocycles. The number of hydrogen-bond donors (Lipinski definition) is 2. The number of pyridine rings is 1. The van der Waals surface area contributed by atoms with Crippen LogP contribution in [0, 0.1) is 0 Å². The van der Waals surface area contributed by atoms with Gasteiger partial charge >= 0.3 is 5.97 Å². The summed E-state index contributed by atoms with van der Waals surface area (Å²) in [7, 11) is 1.47. The van der Waals surface area contributed by atoms with Crippen LogP contribution in [0.4, 0.5) is 5.82 Å². The predicted molar refractivity (Wildman–Crippen MR) is 126 cm³/mol. The Hall–Kier alpha value is -2.40. The second kappa shape index (κ2) is 12.5. The number of hydrogen-bond acceptors (Lipinski definition) is 5. The highest BCUT2D eigenvalue weighted by Crippen LogP contribution is 2.21. The van der Waals surface area contributed by atoms with Crippen LogP contribution in [-0.2, 0) is 22.4 Å². The van der Waals surface area contributed by atoms with Crippen molar-refractivity contribution in [2.75, 3.05) is 19.0 Å². The minimum absolute atomic E-state index is 0.115. The fourth-order valence-corrected chi connectivity index (χ4v) is 4.24. The fourth-order valence-electron chi connectivity index (χ4n) is 4.24. The largest absolute Gasteiger partial charge is 0.468 e. The van der Waals surface area contributed by atoms with Gasteiger partial charge < -0.3 is 10.1 Å². The molecule has 0 radical (unpaired) electrons. The van der Waals surface area contributed by atoms with Gasteiger partial charge in [0.1, 0.15) is 11.9 Å². The number of anilines is 1. The molecule has 0 amide bonds. The Morgan fingerprint density at radius 2 is 1.87 bits per heavy atom. The minimum Gasteiger partial charge on any atom is -0.468 e. The molecule has 0 saturated carbocycles. The first-order valence-electron chi connectivity index (χ1n) is 11.8. The molecule has 2 aromatic rings. The van der Waals surface area contributed by atoms with Crippen molar-refractivity contribution in [3.8, 4) is 0 Å². The van der Waals surface area contributed by atoms with E-state index >= 15 is 0 Å². The topological polar surface area (TPSA) is 63.2 Å². The van der Waals surface area contributed by atoms with E-state index < -0.39 is 0 Å². The number of rotatable bonds is 12. The third kappa shape index (κ3) is 7.35. The average Bonchev–Trinajstić information content (AvgIpc) is 2.82. The van der Waals surface area contributed by atoms with E-state index in [4.69, 9.17) is 9.72 Å². The van der Waals surface area contributed by atoms with Crippen LogP contribution in [0.15, 0.2) is 42.5 Å². The maximum atomic E-state index is 12.2. The molecule has 0 unspecified atom stereocenters. The molecule has 0 fully saturated rings. The number of nitrogens with zero attached hydrogens (tertiary/aromatic N) is 1. The van der Waals surface area contributed by atoms with Gasteiger partial charge in [0.2, 0.25) is 0 Å². The van der Waals surface area contributed by atoms with Crippen molar-refractivity contribution < 1.29 is 9.53 Å². The molecule has 1 aliphatic rings. The van der Waals surface area contributed by atoms with E-state index in [9.17, 15) is 4.79 Å². The Balaban J connectivity index is 1.33. The number of carbonyl (C=O) groups excluding carboxylic acids is 1. The predicted octanol–water partition coefficient (Wildman–Crippen LogP) is 5.22. The van der Waals surface area contributed by atoms with Crippen molar-refractivity contribution in [3.05, 3.63) is 59.3 Å². The van der Waals surface area contributed by atoms with E-state index in [1.54, 1.807) is 0 Å². The lowest BCUT2D eigenvalue weighted by Gasteiger charge is -2.22. The molecule has 3 rings (SSSR count). The maximum absolute atomic E-state index is 12.2. The zero-order valence-corrected chi connectivity index (χ0v) is 19.0. The third-order valence-corrected chi connectivity index (χ3v) is 6.11. The number of benzene rings is 1. The van der Waals surface area contributed by atoms with E-state index in [2.05, 4.69) is 41.8 Å². The van der Waals surface area contributed by atoms with Crippen molar-refractivity contribution in [1.29, 1.82) is 0 Å². The van der Waals surface area contributed by atoms with Crippen LogP contribution < -0.4 is 10.6 Å². The Kier molecular flexibility index (Phi) is 9.35. The first-order valence-corrected chi connectivity index (χ1v) is 11.8. The number of carbonyl (C=O) groups is 1. The van der Waals surface area contributed by atoms with E-state index in [-0.39, 0.29) is 18.1 Å². The van der Waals surface area contributed by atoms with Gasteiger partial charge in [-0.3, -0.25) is 10.1 Å². The Morgan fingerprint density at radius 3 is 2.68 bits per heavy atom. The molecule has 2 heterocycles. The summed E-state index contributed by atoms with van der Waals surface area (Å²) >= 11 is 0. The van der Waals surface area contributed by atoms with Crippen LogP contribution in [0.5, 0.6) is 0 Å². The van der Waals surface area contributed by atoms with Gasteiger partial charge in [0, 0.05) is 18.3 Å². The summed E-state index contributed by atoms with van der Waals surface area (Å²) in [5, 5.41) is 6.86. The normalized spacial score (nSPS) is 14.9. The number of nitrogens with one attached hydrogen (secondary N) is 2. The maximum Gasteiger partial charge on any atom is 0.322 e. The molecule has 1 aromatic heterocycles. The average molecular weight is 424 g/mol. The quantitative estimate of drug-likeness (QED) is 0.362. The monoisotopic (exact) mass is 423 g/mol. The smallest absolute Gasteiger partial charge is 0.322 e. The Morgan fingerprint density at radius 1 is 1.10 bits per heavy atom. The summed E-state index contributed by atoms with van der Waals surface area (Å²) < 4.78 is 5.02. The van der Waals surface area contributed by atoms with E-state index in [0.29, 0.717) is 0 Å². The number of unbranched alkanes of at least 4 members (excludes halogenated alkanes) is 4. The van der Waals surface area contributed by atoms with Gasteiger partial charge in [-0.15, -0.1) is 0 Å². The number of ether oxygens (including phenoxy) is 1. The number of aryl methyl sites for hydroxylation is 2. The van der Waals surface area contributed by atoms with Crippen LogP contribution in [0.1, 0.15) is 74.7 Å². The number of esters is 1. The molecule has 5 nitrogen and oxygen atoms in total. The molecule has 168 valence electrons. The van der Waals surface area contributed by atoms with Crippen LogP contribution >= 0.6 is 0 Å². The first-order chi connectivity index (χ1) is 15.2. The second-order valence-corrected chi connectivity index (χ2v) is 8.52. The molecule has 0 saturated heterocycles. The lowest BCUT2D eigenvalue weighted by atomic mass is 10.0. The van der Waals surface area contributed by atoms with Crippen molar-refractivity contribution in [1.82, 2.24) is 10.3 Å². The molecule has 31 heavy (non-hydrogen) atoms. The summed E-state index contributed by atoms with van der Waals surface area (Å²) in [5.41, 5.74) is 3.73. The molecule has 1 aliphatic heterocycles. The summed E-state index contributed by atoms with van der Waals surface area (Å²) in [6.07, 6.45) is 9.89. The number of aromatic nitrogens is 1. The van der Waals surface area contributed by atoms with Crippen molar-refractivity contribution >= 4 is 11.8 Å². The molecule has 2 N–H and O–H groups in total. The van der Waals surface area contributed by atoms with Gasteiger partial charge in [-0.25, -0.2) is 4.98 Å². The molecule has 2 atom stereocenters. The zero-order valence-electron chi connectivity index (χ0n) is 19.0. The lowest BCUT2D eigenvalue weighted by Crippen LogP contribution is -2.39. The van der Waals surface area contributed by atoms with Gasteiger partial charge in [0.15, 0.2) is 0 Å². The zero-order chi connectivity index (χ0) is 21.9. The molecule has 5 heteroatoms. The highest BCUT2D eigenvalue weighted by atomic mass is 16.5. The molecule has 0 aliphatic carbocycles. The lowest BCUT2D eigenvalue weighted by molar-refractivity contribution is -0.143. The summed E-state index contributed by atoms with van der Waals surface area (Å²) in [4.78, 5) is 17.0. The minimum atomic E-state index is -0.257. The number of fused-ring (bicyclic) bond motifs is 1. The van der Waals surface area contributed by atoms with Crippen LogP contribution in [0.25, 0.3) is 0 Å². The standard InChI is InChI=1S/C26H37N3O2/c1-20(21-12-7-6-8-13-21)28-24(26(30)31-2)16-10-5-3-4-9-15-23-18-17-22-14-11-19-27-25(22)29-23/h6-8,12-13,17-18,20,24,28H,3-5,9-11,14-16,19H2,1-2H3,(H,27,29)/t20-,24-/m0/s1. The van der Waals surface area contributed by atoms with Crippen LogP contribution in [-0.4, -0.2) is 30.6 Å². The van der Waals surface area contributed by atoms with E-state index in [1.165, 1.54) is 43.2 Å². The molecule has 0 spiro atoms. The van der Waals surface area contributed by atoms with Gasteiger partial charge in [-0.1, -0.05) is 62.1 Å². The van der Waals surface area contributed by atoms with Gasteiger partial charge in [-0.2, -0.15) is 0 Å². The Bertz CT molecular complexity index is 810. The summed E-state index contributed by atoms with van der Waals surface area (Å²) in [6.45, 7) is 3.13. The molecular weight excluding hydrogens is 386 g/mol. The van der Waals surface area contributed by atoms with Crippen molar-refractivity contribution in [2.45, 2.75) is 76.8 Å². The van der Waals surface area contributed by atoms with Crippen LogP contribution in [0.3, 0.4) is 0 Å². The van der Waals surface area contributed by atoms with Crippen molar-refractivity contribution in [3.63, 3.8) is 0 Å². The third-order valence-electron chi connectivity index (χ3n) is 6.11. The van der Waals surface area contributed by atoms with E-state index in [1.807, 2.05) is 18.2 Å². The second-order valence-electron chi connectivity index (χ2n) is 8.52. The van der Waals surface area contributed by atoms with Crippen molar-refractivity contribution in [2.24, 2.45) is 0 Å². The SMILES string of the molecule is COC(=O)[C@H](CCCCCCCc1ccc2c(n1)NCCC2)N[C@@H](C)c1ccccc1. The summed E-state index contributed by atoms with van der Waals surface area (Å²) in [5.74, 6) is 0.921. The van der Waals surface area contributed by atoms with Gasteiger partial charge in [0.05, 0.1) is 7.11 Å². The first kappa shape index (κ1) is 23.3. The van der Waals surface area contributed by atoms with Gasteiger partial charge in [0.25, 0.3) is 0 Å². The molecule has 0 bridgehead atoms. The van der Waals surface area contributed by atoms with E-state index in [0.717, 1.165) is 50.9 Å². The Labute approximate surface area is 187 Å². The number of methoxy groups -OCH3 is 1. The highest BCUT2D eigenvalue weighted by molar-refractivity contribution is 5.75. The fraction of sp³-hybridized carbons (Fsp3) is 0.538. The summed E-state index contributed by atoms with van der Waals surface area (Å²) in [6, 6.07) is 14.5.